The summed E-state index contributed by atoms with van der Waals surface area (Å²) in [5.74, 6) is 0. The van der Waals surface area contributed by atoms with E-state index < -0.39 is 17.9 Å². The summed E-state index contributed by atoms with van der Waals surface area (Å²) in [5, 5.41) is 0. The van der Waals surface area contributed by atoms with Crippen LogP contribution in [0, 0.1) is 0 Å². The molecule has 0 amide bonds. The van der Waals surface area contributed by atoms with E-state index in [4.69, 9.17) is 0 Å². The zero-order chi connectivity index (χ0) is 14.2. The zero-order valence-electron chi connectivity index (χ0n) is 13.0. The topological polar surface area (TPSA) is 0 Å². The maximum atomic E-state index is 2.48. The Kier molecular flexibility index (Phi) is 6.34. The fraction of sp³-hybridized carbons (Fsp3) is 0.200. The molecule has 2 aliphatic carbocycles. The molecule has 0 radical (unpaired) electrons. The van der Waals surface area contributed by atoms with Crippen LogP contribution in [0.25, 0.3) is 12.2 Å². The quantitative estimate of drug-likeness (QED) is 0.638. The molecule has 0 bridgehead atoms. The van der Waals surface area contributed by atoms with Crippen LogP contribution < -0.4 is 24.8 Å². The van der Waals surface area contributed by atoms with Crippen LogP contribution in [0.1, 0.15) is 37.6 Å². The van der Waals surface area contributed by atoms with Gasteiger partial charge in [-0.15, -0.1) is 0 Å². The van der Waals surface area contributed by atoms with Gasteiger partial charge in [-0.2, -0.15) is 0 Å². The molecule has 0 saturated heterocycles. The van der Waals surface area contributed by atoms with Crippen molar-refractivity contribution in [2.75, 3.05) is 0 Å². The first-order valence-corrected chi connectivity index (χ1v) is 10.7. The van der Waals surface area contributed by atoms with E-state index in [0.717, 1.165) is 0 Å². The Balaban J connectivity index is 0.000000960. The standard InChI is InChI=1S/2C9H7.C2H5.2ClH.Ti/c2*1-2-5-9-7-3-6-8(9)4-1;1-2;;;/h2*1-7H;1H2,2H3;2*1H;/q;;;;;+2/p-2. The van der Waals surface area contributed by atoms with Gasteiger partial charge < -0.3 is 24.8 Å². The van der Waals surface area contributed by atoms with Gasteiger partial charge in [0.2, 0.25) is 0 Å². The van der Waals surface area contributed by atoms with Gasteiger partial charge in [0.15, 0.2) is 0 Å². The molecule has 3 heteroatoms. The summed E-state index contributed by atoms with van der Waals surface area (Å²) in [6, 6.07) is 17.9. The summed E-state index contributed by atoms with van der Waals surface area (Å²) in [7, 11) is 0. The first-order valence-electron chi connectivity index (χ1n) is 7.78. The van der Waals surface area contributed by atoms with Crippen LogP contribution in [0.4, 0.5) is 0 Å². The van der Waals surface area contributed by atoms with Gasteiger partial charge in [0.1, 0.15) is 0 Å². The largest absolute Gasteiger partial charge is 1.00 e. The Morgan fingerprint density at radius 1 is 0.739 bits per heavy atom. The van der Waals surface area contributed by atoms with Crippen LogP contribution in [-0.2, 0) is 17.9 Å². The molecule has 2 aliphatic rings. The number of halogens is 2. The van der Waals surface area contributed by atoms with Crippen molar-refractivity contribution in [3.8, 4) is 0 Å². The zero-order valence-corrected chi connectivity index (χ0v) is 16.1. The first-order chi connectivity index (χ1) is 10.4. The molecular weight excluding hydrogens is 359 g/mol. The molecule has 0 aliphatic heterocycles. The van der Waals surface area contributed by atoms with E-state index >= 15 is 0 Å². The number of rotatable bonds is 3. The van der Waals surface area contributed by atoms with Gasteiger partial charge in [-0.3, -0.25) is 0 Å². The van der Waals surface area contributed by atoms with E-state index in [2.05, 4.69) is 79.8 Å². The summed E-state index contributed by atoms with van der Waals surface area (Å²) in [6.07, 6.45) is 9.65. The summed E-state index contributed by atoms with van der Waals surface area (Å²) in [6.45, 7) is 2.40. The van der Waals surface area contributed by atoms with Gasteiger partial charge in [0.05, 0.1) is 0 Å². The molecule has 4 rings (SSSR count). The Morgan fingerprint density at radius 3 is 1.61 bits per heavy atom. The maximum absolute atomic E-state index is 2.48. The monoisotopic (exact) mass is 377 g/mol. The molecule has 0 fully saturated rings. The van der Waals surface area contributed by atoms with Crippen LogP contribution in [-0.4, -0.2) is 0 Å². The van der Waals surface area contributed by atoms with E-state index in [1.165, 1.54) is 15.9 Å². The maximum Gasteiger partial charge on any atom is -1.00 e. The molecule has 2 aromatic carbocycles. The van der Waals surface area contributed by atoms with Crippen molar-refractivity contribution in [3.63, 3.8) is 0 Å². The molecule has 2 atom stereocenters. The summed E-state index contributed by atoms with van der Waals surface area (Å²) in [4.78, 5) is 0. The van der Waals surface area contributed by atoms with Crippen LogP contribution in [0.5, 0.6) is 0 Å². The Labute approximate surface area is 157 Å². The second kappa shape index (κ2) is 7.86. The minimum Gasteiger partial charge on any atom is -1.00 e. The molecular formula is C20H19Cl2Ti. The van der Waals surface area contributed by atoms with Crippen molar-refractivity contribution in [1.82, 2.24) is 0 Å². The molecule has 0 spiro atoms. The summed E-state index contributed by atoms with van der Waals surface area (Å²) >= 11 is -1.29. The number of hydrogen-bond donors (Lipinski definition) is 0. The van der Waals surface area contributed by atoms with Gasteiger partial charge in [-0.25, -0.2) is 0 Å². The van der Waals surface area contributed by atoms with Gasteiger partial charge in [0.25, 0.3) is 0 Å². The van der Waals surface area contributed by atoms with Crippen LogP contribution in [0.3, 0.4) is 0 Å². The molecule has 0 nitrogen and oxygen atoms in total. The molecule has 2 aromatic rings. The predicted molar refractivity (Wildman–Crippen MR) is 86.9 cm³/mol. The SMILES string of the molecule is C[CH2][Ti+2]([CH]1C=Cc2ccccc21)[CH]1C=Cc2ccccc21.[Cl-].[Cl-]. The minimum atomic E-state index is -1.29. The van der Waals surface area contributed by atoms with E-state index in [1.807, 2.05) is 0 Å². The van der Waals surface area contributed by atoms with Crippen LogP contribution in [0.2, 0.25) is 4.73 Å². The third-order valence-electron chi connectivity index (χ3n) is 4.81. The van der Waals surface area contributed by atoms with Crippen molar-refractivity contribution >= 4 is 12.2 Å². The average Bonchev–Trinajstić information content (AvgIpc) is 3.14. The van der Waals surface area contributed by atoms with Gasteiger partial charge >= 0.3 is 133 Å². The van der Waals surface area contributed by atoms with Crippen molar-refractivity contribution in [1.29, 1.82) is 0 Å². The first kappa shape index (κ1) is 18.6. The second-order valence-corrected chi connectivity index (χ2v) is 10.7. The third-order valence-corrected chi connectivity index (χ3v) is 10.1. The average molecular weight is 378 g/mol. The van der Waals surface area contributed by atoms with Crippen LogP contribution >= 0.6 is 0 Å². The molecule has 23 heavy (non-hydrogen) atoms. The van der Waals surface area contributed by atoms with E-state index in [9.17, 15) is 0 Å². The van der Waals surface area contributed by atoms with E-state index in [0.29, 0.717) is 8.45 Å². The Bertz CT molecular complexity index is 674. The number of allylic oxidation sites excluding steroid dienone is 2. The predicted octanol–water partition coefficient (Wildman–Crippen LogP) is -0.413. The Morgan fingerprint density at radius 2 is 1.17 bits per heavy atom. The van der Waals surface area contributed by atoms with E-state index in [-0.39, 0.29) is 24.8 Å². The van der Waals surface area contributed by atoms with Gasteiger partial charge in [-0.1, -0.05) is 0 Å². The minimum absolute atomic E-state index is 0. The Hall–Kier alpha value is -0.786. The third kappa shape index (κ3) is 3.23. The van der Waals surface area contributed by atoms with Crippen molar-refractivity contribution < 1.29 is 42.7 Å². The fourth-order valence-electron chi connectivity index (χ4n) is 3.78. The molecule has 2 unspecified atom stereocenters. The molecule has 117 valence electrons. The summed E-state index contributed by atoms with van der Waals surface area (Å²) in [5.41, 5.74) is 6.03. The van der Waals surface area contributed by atoms with Crippen LogP contribution in [0.15, 0.2) is 60.7 Å². The summed E-state index contributed by atoms with van der Waals surface area (Å²) < 4.78 is 2.80. The smallest absolute Gasteiger partial charge is 1.00 e. The number of fused-ring (bicyclic) bond motifs is 2. The molecule has 0 aromatic heterocycles. The second-order valence-electron chi connectivity index (χ2n) is 5.86. The fourth-order valence-corrected chi connectivity index (χ4v) is 8.90. The van der Waals surface area contributed by atoms with Crippen molar-refractivity contribution in [2.24, 2.45) is 0 Å². The van der Waals surface area contributed by atoms with Gasteiger partial charge in [-0.05, 0) is 0 Å². The molecule has 0 heterocycles. The molecule has 0 saturated carbocycles. The number of benzene rings is 2. The van der Waals surface area contributed by atoms with Crippen molar-refractivity contribution in [3.05, 3.63) is 82.9 Å². The normalized spacial score (nSPS) is 19.5. The van der Waals surface area contributed by atoms with E-state index in [1.54, 1.807) is 11.1 Å². The van der Waals surface area contributed by atoms with Gasteiger partial charge in [0, 0.05) is 0 Å². The van der Waals surface area contributed by atoms with Crippen molar-refractivity contribution in [2.45, 2.75) is 20.1 Å². The number of hydrogen-bond acceptors (Lipinski definition) is 0. The molecule has 0 N–H and O–H groups in total.